The standard InChI is InChI=1S/C25H24Cl2N2O8S2.K/c1-2-16(12-23-28(9-3-11-38(30,31)32)19-14-17(26)4-6-21(19)36-23)13-24-29(10-8-25(29)39(33,34)35)20-15-18(27)5-7-22(20)37-24;/h4-7,12-15,25H,2-3,8-11H2,1H3;/q;+1. The molecule has 5 rings (SSSR count). The fourth-order valence-corrected chi connectivity index (χ4v) is 7.08. The van der Waals surface area contributed by atoms with Crippen LogP contribution >= 0.6 is 23.2 Å². The summed E-state index contributed by atoms with van der Waals surface area (Å²) in [5.41, 5.74) is 2.31. The Morgan fingerprint density at radius 3 is 2.45 bits per heavy atom. The number of benzene rings is 2. The van der Waals surface area contributed by atoms with E-state index in [1.54, 1.807) is 53.1 Å². The zero-order chi connectivity index (χ0) is 28.2. The Hall–Kier alpha value is -0.814. The zero-order valence-corrected chi connectivity index (χ0v) is 27.9. The summed E-state index contributed by atoms with van der Waals surface area (Å²) >= 11 is 12.4. The van der Waals surface area contributed by atoms with E-state index in [-0.39, 0.29) is 81.1 Å². The van der Waals surface area contributed by atoms with E-state index in [9.17, 15) is 25.9 Å². The van der Waals surface area contributed by atoms with E-state index < -0.39 is 31.4 Å². The van der Waals surface area contributed by atoms with Gasteiger partial charge >= 0.3 is 63.2 Å². The first-order valence-electron chi connectivity index (χ1n) is 12.1. The first-order valence-corrected chi connectivity index (χ1v) is 15.9. The van der Waals surface area contributed by atoms with Gasteiger partial charge < -0.3 is 18.3 Å². The Bertz CT molecular complexity index is 1760. The SMILES string of the molecule is CCC(=Cc1oc2ccc(Cl)cc2[n+]1CCCS(=O)(=O)[O-])C=C1Oc2ccc(Cl)cc2[N+]12CCC2S(=O)(=O)[O-].[K+]. The summed E-state index contributed by atoms with van der Waals surface area (Å²) in [6, 6.07) is 9.91. The van der Waals surface area contributed by atoms with Crippen molar-refractivity contribution < 1.29 is 91.0 Å². The Kier molecular flexibility index (Phi) is 9.68. The second-order valence-electron chi connectivity index (χ2n) is 9.42. The molecule has 40 heavy (non-hydrogen) atoms. The van der Waals surface area contributed by atoms with Crippen LogP contribution in [0.3, 0.4) is 0 Å². The van der Waals surface area contributed by atoms with Crippen LogP contribution in [0, 0.1) is 0 Å². The van der Waals surface area contributed by atoms with Gasteiger partial charge in [-0.15, -0.1) is 0 Å². The molecule has 3 aromatic rings. The van der Waals surface area contributed by atoms with Crippen molar-refractivity contribution in [3.8, 4) is 5.75 Å². The van der Waals surface area contributed by atoms with Crippen LogP contribution in [-0.2, 0) is 26.8 Å². The van der Waals surface area contributed by atoms with Gasteiger partial charge in [-0.25, -0.2) is 21.3 Å². The first-order chi connectivity index (χ1) is 18.3. The summed E-state index contributed by atoms with van der Waals surface area (Å²) in [5.74, 6) is 0.521. The van der Waals surface area contributed by atoms with Gasteiger partial charge in [-0.3, -0.25) is 0 Å². The Balaban J connectivity index is 0.00000370. The second-order valence-corrected chi connectivity index (χ2v) is 13.3. The molecule has 0 saturated carbocycles. The average Bonchev–Trinajstić information content (AvgIpc) is 3.31. The number of quaternary nitrogens is 1. The topological polar surface area (TPSA) is 141 Å². The molecular formula is C25H24Cl2KN2O8S2+. The van der Waals surface area contributed by atoms with Crippen LogP contribution in [0.1, 0.15) is 32.1 Å². The second kappa shape index (κ2) is 12.1. The smallest absolute Gasteiger partial charge is 0.748 e. The van der Waals surface area contributed by atoms with E-state index in [2.05, 4.69) is 0 Å². The molecule has 3 heterocycles. The normalized spacial score (nSPS) is 21.8. The van der Waals surface area contributed by atoms with Crippen molar-refractivity contribution in [1.82, 2.24) is 4.48 Å². The predicted octanol–water partition coefficient (Wildman–Crippen LogP) is 1.28. The van der Waals surface area contributed by atoms with Crippen molar-refractivity contribution in [2.24, 2.45) is 0 Å². The van der Waals surface area contributed by atoms with E-state index >= 15 is 0 Å². The molecule has 2 aliphatic rings. The molecule has 1 aromatic heterocycles. The van der Waals surface area contributed by atoms with Crippen molar-refractivity contribution >= 4 is 66.3 Å². The molecule has 0 bridgehead atoms. The average molecular weight is 655 g/mol. The Morgan fingerprint density at radius 2 is 1.82 bits per heavy atom. The molecule has 2 aromatic carbocycles. The van der Waals surface area contributed by atoms with Gasteiger partial charge in [0, 0.05) is 40.4 Å². The fourth-order valence-electron chi connectivity index (χ4n) is 5.11. The summed E-state index contributed by atoms with van der Waals surface area (Å²) in [6.07, 6.45) is 4.13. The molecule has 2 atom stereocenters. The quantitative estimate of drug-likeness (QED) is 0.153. The maximum absolute atomic E-state index is 12.2. The Labute approximate surface area is 284 Å². The van der Waals surface area contributed by atoms with Crippen LogP contribution < -0.4 is 65.2 Å². The van der Waals surface area contributed by atoms with E-state index in [1.165, 1.54) is 0 Å². The summed E-state index contributed by atoms with van der Waals surface area (Å²) < 4.78 is 83.7. The summed E-state index contributed by atoms with van der Waals surface area (Å²) in [4.78, 5) is 0. The fraction of sp³-hybridized carbons (Fsp3) is 0.320. The number of oxazole rings is 1. The molecule has 2 unspecified atom stereocenters. The van der Waals surface area contributed by atoms with Crippen molar-refractivity contribution in [2.45, 2.75) is 38.1 Å². The maximum atomic E-state index is 12.2. The predicted molar refractivity (Wildman–Crippen MR) is 144 cm³/mol. The van der Waals surface area contributed by atoms with Crippen LogP contribution in [0.4, 0.5) is 5.69 Å². The molecule has 15 heteroatoms. The molecule has 0 aliphatic carbocycles. The molecule has 1 spiro atoms. The van der Waals surface area contributed by atoms with Crippen molar-refractivity contribution in [3.05, 3.63) is 69.9 Å². The van der Waals surface area contributed by atoms with E-state index in [1.807, 2.05) is 6.92 Å². The molecule has 0 radical (unpaired) electrons. The van der Waals surface area contributed by atoms with Crippen LogP contribution in [0.25, 0.3) is 17.2 Å². The van der Waals surface area contributed by atoms with E-state index in [0.29, 0.717) is 57.0 Å². The maximum Gasteiger partial charge on any atom is 1.00 e. The molecule has 10 nitrogen and oxygen atoms in total. The number of fused-ring (bicyclic) bond motifs is 3. The third-order valence-corrected chi connectivity index (χ3v) is 9.53. The number of aryl methyl sites for hydroxylation is 1. The molecule has 1 saturated heterocycles. The molecule has 1 fully saturated rings. The monoisotopic (exact) mass is 653 g/mol. The van der Waals surface area contributed by atoms with Crippen LogP contribution in [0.5, 0.6) is 5.75 Å². The van der Waals surface area contributed by atoms with Gasteiger partial charge in [0.05, 0.1) is 29.2 Å². The number of allylic oxidation sites excluding steroid dienone is 2. The summed E-state index contributed by atoms with van der Waals surface area (Å²) in [6.45, 7) is 2.40. The van der Waals surface area contributed by atoms with E-state index in [0.717, 1.165) is 0 Å². The minimum Gasteiger partial charge on any atom is -0.748 e. The minimum absolute atomic E-state index is 0. The number of halogens is 2. The number of hydrogen-bond acceptors (Lipinski definition) is 8. The van der Waals surface area contributed by atoms with Gasteiger partial charge in [-0.1, -0.05) is 30.1 Å². The Morgan fingerprint density at radius 1 is 1.12 bits per heavy atom. The summed E-state index contributed by atoms with van der Waals surface area (Å²) in [5, 5.41) is -0.418. The first kappa shape index (κ1) is 32.1. The van der Waals surface area contributed by atoms with Gasteiger partial charge in [0.1, 0.15) is 0 Å². The number of rotatable bonds is 8. The molecular weight excluding hydrogens is 630 g/mol. The van der Waals surface area contributed by atoms with Gasteiger partial charge in [0.15, 0.2) is 33.5 Å². The minimum atomic E-state index is -4.67. The largest absolute Gasteiger partial charge is 1.00 e. The van der Waals surface area contributed by atoms with Gasteiger partial charge in [-0.05, 0) is 36.3 Å². The molecule has 2 aliphatic heterocycles. The zero-order valence-electron chi connectivity index (χ0n) is 21.7. The number of nitrogens with zero attached hydrogens (tertiary/aromatic N) is 2. The third-order valence-electron chi connectivity index (χ3n) is 7.01. The number of aromatic nitrogens is 1. The van der Waals surface area contributed by atoms with Gasteiger partial charge in [-0.2, -0.15) is 4.57 Å². The van der Waals surface area contributed by atoms with Crippen molar-refractivity contribution in [1.29, 1.82) is 0 Å². The van der Waals surface area contributed by atoms with Crippen molar-refractivity contribution in [2.75, 3.05) is 12.3 Å². The third kappa shape index (κ3) is 6.26. The van der Waals surface area contributed by atoms with Crippen molar-refractivity contribution in [3.63, 3.8) is 0 Å². The van der Waals surface area contributed by atoms with Crippen LogP contribution in [0.15, 0.2) is 58.3 Å². The summed E-state index contributed by atoms with van der Waals surface area (Å²) in [7, 11) is -9.07. The van der Waals surface area contributed by atoms with Gasteiger partial charge in [0.2, 0.25) is 5.58 Å². The molecule has 0 N–H and O–H groups in total. The molecule has 208 valence electrons. The van der Waals surface area contributed by atoms with Crippen LogP contribution in [-0.4, -0.2) is 43.6 Å². The van der Waals surface area contributed by atoms with Crippen LogP contribution in [0.2, 0.25) is 10.0 Å². The number of hydrogen-bond donors (Lipinski definition) is 0. The molecule has 0 amide bonds. The van der Waals surface area contributed by atoms with E-state index in [4.69, 9.17) is 32.4 Å². The number of ether oxygens (including phenoxy) is 1. The van der Waals surface area contributed by atoms with Gasteiger partial charge in [0.25, 0.3) is 5.52 Å².